The fraction of sp³-hybridized carbons (Fsp3) is 0.417. The number of nitrogens with zero attached hydrogens (tertiary/aromatic N) is 1. The lowest BCUT2D eigenvalue weighted by atomic mass is 10.0. The smallest absolute Gasteiger partial charge is 0.246 e. The van der Waals surface area contributed by atoms with Gasteiger partial charge in [-0.3, -0.25) is 33.6 Å². The molecule has 0 radical (unpaired) electrons. The van der Waals surface area contributed by atoms with Gasteiger partial charge >= 0.3 is 0 Å². The maximum absolute atomic E-state index is 14.1. The van der Waals surface area contributed by atoms with Crippen molar-refractivity contribution in [3.05, 3.63) is 65.9 Å². The Morgan fingerprint density at radius 3 is 2.00 bits per heavy atom. The maximum Gasteiger partial charge on any atom is 0.246 e. The molecular weight excluding hydrogens is 688 g/mol. The first kappa shape index (κ1) is 38.3. The minimum atomic E-state index is -1.67. The molecule has 5 rings (SSSR count). The van der Waals surface area contributed by atoms with Crippen molar-refractivity contribution in [1.82, 2.24) is 41.8 Å². The normalized spacial score (nSPS) is 23.5. The molecule has 1 aromatic heterocycles. The molecule has 0 saturated carbocycles. The van der Waals surface area contributed by atoms with E-state index in [-0.39, 0.29) is 24.3 Å². The molecule has 0 aliphatic carbocycles. The predicted octanol–water partition coefficient (Wildman–Crippen LogP) is -1.39. The summed E-state index contributed by atoms with van der Waals surface area (Å²) in [7, 11) is 0. The Hall–Kier alpha value is -5.97. The number of aliphatic hydroxyl groups excluding tert-OH is 1. The highest BCUT2D eigenvalue weighted by Gasteiger charge is 2.39. The number of aromatic nitrogens is 1. The second-order valence-corrected chi connectivity index (χ2v) is 13.4. The average Bonchev–Trinajstić information content (AvgIpc) is 3.80. The first-order valence-corrected chi connectivity index (χ1v) is 17.4. The van der Waals surface area contributed by atoms with Gasteiger partial charge in [-0.2, -0.15) is 0 Å². The van der Waals surface area contributed by atoms with Gasteiger partial charge in [0.15, 0.2) is 0 Å². The van der Waals surface area contributed by atoms with Crippen LogP contribution in [0.2, 0.25) is 0 Å². The number of H-pyrrole nitrogens is 1. The van der Waals surface area contributed by atoms with Gasteiger partial charge in [-0.1, -0.05) is 44.2 Å². The van der Waals surface area contributed by atoms with Crippen LogP contribution in [0.5, 0.6) is 5.75 Å². The van der Waals surface area contributed by atoms with Crippen molar-refractivity contribution in [2.75, 3.05) is 26.2 Å². The van der Waals surface area contributed by atoms with E-state index in [0.29, 0.717) is 18.4 Å². The summed E-state index contributed by atoms with van der Waals surface area (Å²) in [5.41, 5.74) is 1.68. The maximum atomic E-state index is 14.1. The van der Waals surface area contributed by atoms with Crippen LogP contribution in [-0.4, -0.2) is 112 Å². The highest BCUT2D eigenvalue weighted by Crippen LogP contribution is 2.23. The van der Waals surface area contributed by atoms with Gasteiger partial charge in [-0.25, -0.2) is 0 Å². The lowest BCUT2D eigenvalue weighted by Gasteiger charge is -2.29. The van der Waals surface area contributed by atoms with Crippen molar-refractivity contribution >= 4 is 52.3 Å². The number of hydrogen-bond donors (Lipinski definition) is 9. The molecule has 7 amide bonds. The fourth-order valence-electron chi connectivity index (χ4n) is 6.44. The van der Waals surface area contributed by atoms with E-state index in [9.17, 15) is 43.8 Å². The number of carbonyl (C=O) groups is 7. The number of benzene rings is 2. The third-order valence-corrected chi connectivity index (χ3v) is 9.26. The van der Waals surface area contributed by atoms with Crippen LogP contribution in [0.25, 0.3) is 10.9 Å². The second kappa shape index (κ2) is 17.0. The molecule has 2 aromatic carbocycles. The lowest BCUT2D eigenvalue weighted by molar-refractivity contribution is -0.141. The van der Waals surface area contributed by atoms with E-state index in [1.165, 1.54) is 29.2 Å². The van der Waals surface area contributed by atoms with Crippen molar-refractivity contribution in [2.24, 2.45) is 5.92 Å². The van der Waals surface area contributed by atoms with Crippen LogP contribution in [0.3, 0.4) is 0 Å². The molecule has 5 atom stereocenters. The molecule has 0 bridgehead atoms. The summed E-state index contributed by atoms with van der Waals surface area (Å²) in [5.74, 6) is -5.68. The predicted molar refractivity (Wildman–Crippen MR) is 189 cm³/mol. The van der Waals surface area contributed by atoms with Crippen LogP contribution in [-0.2, 0) is 40.0 Å². The van der Waals surface area contributed by atoms with E-state index in [1.807, 2.05) is 24.3 Å². The molecule has 17 heteroatoms. The van der Waals surface area contributed by atoms with Crippen molar-refractivity contribution < 1.29 is 43.8 Å². The number of aromatic hydroxyl groups is 1. The highest BCUT2D eigenvalue weighted by molar-refractivity contribution is 5.97. The number of phenols is 1. The molecule has 3 heterocycles. The number of rotatable bonds is 5. The fourth-order valence-corrected chi connectivity index (χ4v) is 6.44. The third-order valence-electron chi connectivity index (χ3n) is 9.26. The number of nitrogens with one attached hydrogen (secondary N) is 7. The Kier molecular flexibility index (Phi) is 12.3. The third kappa shape index (κ3) is 9.48. The first-order chi connectivity index (χ1) is 25.3. The van der Waals surface area contributed by atoms with Crippen LogP contribution in [0, 0.1) is 5.92 Å². The van der Waals surface area contributed by atoms with Crippen LogP contribution >= 0.6 is 0 Å². The molecule has 2 aliphatic heterocycles. The Morgan fingerprint density at radius 2 is 1.34 bits per heavy atom. The average molecular weight is 733 g/mol. The van der Waals surface area contributed by atoms with Crippen molar-refractivity contribution in [1.29, 1.82) is 0 Å². The van der Waals surface area contributed by atoms with Gasteiger partial charge in [0.1, 0.15) is 36.0 Å². The van der Waals surface area contributed by atoms with Gasteiger partial charge in [-0.15, -0.1) is 0 Å². The number of carbonyl (C=O) groups excluding carboxylic acids is 7. The molecular formula is C36H44N8O9. The Morgan fingerprint density at radius 1 is 0.755 bits per heavy atom. The summed E-state index contributed by atoms with van der Waals surface area (Å²) in [6.45, 7) is 1.76. The topological polar surface area (TPSA) is 251 Å². The quantitative estimate of drug-likeness (QED) is 0.150. The summed E-state index contributed by atoms with van der Waals surface area (Å²) in [5, 5.41) is 36.7. The van der Waals surface area contributed by atoms with E-state index >= 15 is 0 Å². The SMILES string of the molecule is CC(C)[C@@H]1NC(=O)CNC(=O)[C@H]2CCCN2C(=O)[C@@H](Cc2c[nH]c3ccccc23)NC(=O)CNC(=O)[C@@H]([C@H](O)c2ccc(O)cc2)NC(=O)CNC1=O. The van der Waals surface area contributed by atoms with E-state index in [4.69, 9.17) is 0 Å². The van der Waals surface area contributed by atoms with Crippen molar-refractivity contribution in [3.63, 3.8) is 0 Å². The van der Waals surface area contributed by atoms with Crippen LogP contribution in [0.15, 0.2) is 54.7 Å². The zero-order chi connectivity index (χ0) is 38.2. The number of aromatic amines is 1. The number of aliphatic hydroxyl groups is 1. The molecule has 0 unspecified atom stereocenters. The molecule has 17 nitrogen and oxygen atoms in total. The summed E-state index contributed by atoms with van der Waals surface area (Å²) in [6, 6.07) is 7.76. The molecule has 53 heavy (non-hydrogen) atoms. The number of amides is 7. The van der Waals surface area contributed by atoms with E-state index < -0.39 is 97.2 Å². The van der Waals surface area contributed by atoms with Gasteiger partial charge in [0, 0.05) is 30.1 Å². The summed E-state index contributed by atoms with van der Waals surface area (Å²) < 4.78 is 0. The summed E-state index contributed by atoms with van der Waals surface area (Å²) in [4.78, 5) is 97.9. The van der Waals surface area contributed by atoms with Crippen LogP contribution in [0.1, 0.15) is 43.9 Å². The molecule has 3 aromatic rings. The summed E-state index contributed by atoms with van der Waals surface area (Å²) >= 11 is 0. The minimum Gasteiger partial charge on any atom is -0.508 e. The van der Waals surface area contributed by atoms with Gasteiger partial charge < -0.3 is 52.0 Å². The monoisotopic (exact) mass is 732 g/mol. The highest BCUT2D eigenvalue weighted by atomic mass is 16.3. The largest absolute Gasteiger partial charge is 0.508 e. The second-order valence-electron chi connectivity index (χ2n) is 13.4. The Labute approximate surface area is 304 Å². The number of hydrogen-bond acceptors (Lipinski definition) is 9. The van der Waals surface area contributed by atoms with Gasteiger partial charge in [0.05, 0.1) is 19.6 Å². The first-order valence-electron chi connectivity index (χ1n) is 17.4. The zero-order valence-corrected chi connectivity index (χ0v) is 29.3. The standard InChI is InChI=1S/C36H44N8O9/c1-19(2)30-34(51)39-18-29(48)43-31(32(49)20-9-11-22(45)12-10-20)35(52)40-16-27(46)41-25(14-21-15-37-24-7-4-3-6-23(21)24)36(53)44-13-5-8-26(44)33(50)38-17-28(47)42-30/h3-4,6-7,9-12,15,19,25-26,30-32,37,45,49H,5,8,13-14,16-18H2,1-2H3,(H,38,50)(H,39,51)(H,40,52)(H,41,46)(H,42,47)(H,43,48)/t25-,26-,30+,31-,32-/m1/s1. The zero-order valence-electron chi connectivity index (χ0n) is 29.3. The molecule has 2 fully saturated rings. The van der Waals surface area contributed by atoms with Crippen LogP contribution < -0.4 is 31.9 Å². The molecule has 0 spiro atoms. The minimum absolute atomic E-state index is 0.0334. The number of para-hydroxylation sites is 1. The molecule has 2 aliphatic rings. The lowest BCUT2D eigenvalue weighted by Crippen LogP contribution is -2.56. The van der Waals surface area contributed by atoms with Crippen LogP contribution in [0.4, 0.5) is 0 Å². The van der Waals surface area contributed by atoms with Crippen molar-refractivity contribution in [2.45, 2.75) is 63.4 Å². The number of fused-ring (bicyclic) bond motifs is 2. The van der Waals surface area contributed by atoms with E-state index in [2.05, 4.69) is 36.9 Å². The van der Waals surface area contributed by atoms with E-state index in [0.717, 1.165) is 10.9 Å². The molecule has 2 saturated heterocycles. The Bertz CT molecular complexity index is 1860. The molecule has 9 N–H and O–H groups in total. The molecule has 282 valence electrons. The Balaban J connectivity index is 1.44. The van der Waals surface area contributed by atoms with Gasteiger partial charge in [0.2, 0.25) is 41.4 Å². The van der Waals surface area contributed by atoms with Gasteiger partial charge in [-0.05, 0) is 48.1 Å². The summed E-state index contributed by atoms with van der Waals surface area (Å²) in [6.07, 6.45) is 0.903. The number of phenolic OH excluding ortho intramolecular Hbond substituents is 1. The van der Waals surface area contributed by atoms with E-state index in [1.54, 1.807) is 20.0 Å². The van der Waals surface area contributed by atoms with Crippen molar-refractivity contribution in [3.8, 4) is 5.75 Å². The van der Waals surface area contributed by atoms with Gasteiger partial charge in [0.25, 0.3) is 0 Å².